The summed E-state index contributed by atoms with van der Waals surface area (Å²) in [6.45, 7) is 6.38. The minimum absolute atomic E-state index is 0.405. The Bertz CT molecular complexity index is 835. The van der Waals surface area contributed by atoms with Crippen molar-refractivity contribution in [3.05, 3.63) is 58.1 Å². The standard InChI is InChI=1S/C20H23ClN4S/c1-3-25-10-4-5-16-12-15(7-9-19(16)25)13-22-24-20(26)23-18-8-6-14(2)11-17(18)21/h6-9,11-13H,3-5,10H2,1-2H3,(H2,23,24,26)/b22-13-. The molecule has 136 valence electrons. The van der Waals surface area contributed by atoms with E-state index in [1.165, 1.54) is 17.7 Å². The smallest absolute Gasteiger partial charge is 0.191 e. The molecule has 26 heavy (non-hydrogen) atoms. The summed E-state index contributed by atoms with van der Waals surface area (Å²) in [5, 5.41) is 8.33. The maximum atomic E-state index is 6.20. The monoisotopic (exact) mass is 386 g/mol. The molecule has 0 aliphatic carbocycles. The Hall–Kier alpha value is -2.11. The Labute approximate surface area is 165 Å². The second kappa shape index (κ2) is 8.52. The zero-order valence-electron chi connectivity index (χ0n) is 15.1. The van der Waals surface area contributed by atoms with E-state index in [4.69, 9.17) is 23.8 Å². The van der Waals surface area contributed by atoms with Crippen molar-refractivity contribution in [2.24, 2.45) is 5.10 Å². The number of benzene rings is 2. The fourth-order valence-electron chi connectivity index (χ4n) is 3.14. The highest BCUT2D eigenvalue weighted by molar-refractivity contribution is 7.80. The maximum absolute atomic E-state index is 6.20. The third-order valence-electron chi connectivity index (χ3n) is 4.45. The van der Waals surface area contributed by atoms with Gasteiger partial charge in [0.1, 0.15) is 0 Å². The van der Waals surface area contributed by atoms with Gasteiger partial charge in [0.15, 0.2) is 5.11 Å². The van der Waals surface area contributed by atoms with Crippen molar-refractivity contribution in [1.82, 2.24) is 5.43 Å². The minimum atomic E-state index is 0.405. The highest BCUT2D eigenvalue weighted by atomic mass is 35.5. The first-order valence-corrected chi connectivity index (χ1v) is 9.59. The van der Waals surface area contributed by atoms with Crippen molar-refractivity contribution in [2.45, 2.75) is 26.7 Å². The highest BCUT2D eigenvalue weighted by Gasteiger charge is 2.15. The first-order valence-electron chi connectivity index (χ1n) is 8.81. The van der Waals surface area contributed by atoms with E-state index < -0.39 is 0 Å². The van der Waals surface area contributed by atoms with Crippen LogP contribution in [0.4, 0.5) is 11.4 Å². The van der Waals surface area contributed by atoms with E-state index in [2.05, 4.69) is 45.9 Å². The molecule has 1 aliphatic rings. The number of anilines is 2. The molecule has 0 bridgehead atoms. The Balaban J connectivity index is 1.61. The Morgan fingerprint density at radius 1 is 1.31 bits per heavy atom. The summed E-state index contributed by atoms with van der Waals surface area (Å²) in [5.74, 6) is 0. The molecule has 1 heterocycles. The lowest BCUT2D eigenvalue weighted by atomic mass is 9.99. The Morgan fingerprint density at radius 2 is 2.15 bits per heavy atom. The Morgan fingerprint density at radius 3 is 2.92 bits per heavy atom. The fraction of sp³-hybridized carbons (Fsp3) is 0.300. The van der Waals surface area contributed by atoms with Crippen LogP contribution in [0.15, 0.2) is 41.5 Å². The first-order chi connectivity index (χ1) is 12.6. The number of rotatable bonds is 4. The number of hydrazone groups is 1. The van der Waals surface area contributed by atoms with E-state index in [1.807, 2.05) is 25.1 Å². The van der Waals surface area contributed by atoms with Crippen LogP contribution in [0, 0.1) is 6.92 Å². The number of nitrogens with one attached hydrogen (secondary N) is 2. The first kappa shape index (κ1) is 18.7. The highest BCUT2D eigenvalue weighted by Crippen LogP contribution is 2.27. The molecule has 0 amide bonds. The topological polar surface area (TPSA) is 39.7 Å². The van der Waals surface area contributed by atoms with E-state index in [1.54, 1.807) is 6.21 Å². The number of halogens is 1. The zero-order chi connectivity index (χ0) is 18.5. The molecule has 2 aromatic rings. The van der Waals surface area contributed by atoms with Crippen LogP contribution in [0.5, 0.6) is 0 Å². The second-order valence-corrected chi connectivity index (χ2v) is 7.19. The van der Waals surface area contributed by atoms with Crippen molar-refractivity contribution in [3.63, 3.8) is 0 Å². The van der Waals surface area contributed by atoms with Crippen molar-refractivity contribution >= 4 is 46.5 Å². The van der Waals surface area contributed by atoms with Gasteiger partial charge in [0.05, 0.1) is 16.9 Å². The predicted octanol–water partition coefficient (Wildman–Crippen LogP) is 4.74. The molecule has 2 N–H and O–H groups in total. The summed E-state index contributed by atoms with van der Waals surface area (Å²) in [5.41, 5.74) is 8.49. The molecule has 1 aliphatic heterocycles. The van der Waals surface area contributed by atoms with Crippen molar-refractivity contribution < 1.29 is 0 Å². The van der Waals surface area contributed by atoms with Gasteiger partial charge in [-0.05, 0) is 79.9 Å². The molecule has 0 unspecified atom stereocenters. The van der Waals surface area contributed by atoms with E-state index in [0.29, 0.717) is 10.1 Å². The van der Waals surface area contributed by atoms with Crippen molar-refractivity contribution in [2.75, 3.05) is 23.3 Å². The van der Waals surface area contributed by atoms with Gasteiger partial charge >= 0.3 is 0 Å². The van der Waals surface area contributed by atoms with Gasteiger partial charge in [0.25, 0.3) is 0 Å². The fourth-order valence-corrected chi connectivity index (χ4v) is 3.59. The van der Waals surface area contributed by atoms with Crippen LogP contribution in [-0.2, 0) is 6.42 Å². The average molecular weight is 387 g/mol. The molecule has 2 aromatic carbocycles. The van der Waals surface area contributed by atoms with Gasteiger partial charge in [-0.1, -0.05) is 23.7 Å². The summed E-state index contributed by atoms with van der Waals surface area (Å²) in [4.78, 5) is 2.42. The molecular formula is C20H23ClN4S. The lowest BCUT2D eigenvalue weighted by molar-refractivity contribution is 0.708. The van der Waals surface area contributed by atoms with Crippen molar-refractivity contribution in [3.8, 4) is 0 Å². The van der Waals surface area contributed by atoms with Crippen LogP contribution >= 0.6 is 23.8 Å². The quantitative estimate of drug-likeness (QED) is 0.452. The van der Waals surface area contributed by atoms with Gasteiger partial charge in [-0.15, -0.1) is 0 Å². The third-order valence-corrected chi connectivity index (χ3v) is 4.96. The molecule has 0 radical (unpaired) electrons. The molecular weight excluding hydrogens is 364 g/mol. The van der Waals surface area contributed by atoms with Gasteiger partial charge in [-0.3, -0.25) is 5.43 Å². The molecule has 0 atom stereocenters. The molecule has 0 fully saturated rings. The van der Waals surface area contributed by atoms with Gasteiger partial charge in [0.2, 0.25) is 0 Å². The number of hydrogen-bond acceptors (Lipinski definition) is 3. The molecule has 0 spiro atoms. The number of fused-ring (bicyclic) bond motifs is 1. The van der Waals surface area contributed by atoms with Gasteiger partial charge in [-0.25, -0.2) is 0 Å². The van der Waals surface area contributed by atoms with E-state index in [-0.39, 0.29) is 0 Å². The summed E-state index contributed by atoms with van der Waals surface area (Å²) in [7, 11) is 0. The summed E-state index contributed by atoms with van der Waals surface area (Å²) >= 11 is 11.5. The van der Waals surface area contributed by atoms with Gasteiger partial charge in [-0.2, -0.15) is 5.10 Å². The molecule has 4 nitrogen and oxygen atoms in total. The van der Waals surface area contributed by atoms with Crippen molar-refractivity contribution in [1.29, 1.82) is 0 Å². The van der Waals surface area contributed by atoms with Crippen LogP contribution in [0.2, 0.25) is 5.02 Å². The predicted molar refractivity (Wildman–Crippen MR) is 116 cm³/mol. The average Bonchev–Trinajstić information content (AvgIpc) is 2.63. The largest absolute Gasteiger partial charge is 0.372 e. The maximum Gasteiger partial charge on any atom is 0.191 e. The van der Waals surface area contributed by atoms with E-state index >= 15 is 0 Å². The van der Waals surface area contributed by atoms with Crippen LogP contribution in [0.3, 0.4) is 0 Å². The van der Waals surface area contributed by atoms with Gasteiger partial charge < -0.3 is 10.2 Å². The van der Waals surface area contributed by atoms with E-state index in [9.17, 15) is 0 Å². The molecule has 0 aromatic heterocycles. The SMILES string of the molecule is CCN1CCCc2cc(/C=N\NC(=S)Nc3ccc(C)cc3Cl)ccc21. The van der Waals surface area contributed by atoms with Crippen LogP contribution < -0.4 is 15.6 Å². The van der Waals surface area contributed by atoms with Crippen LogP contribution in [-0.4, -0.2) is 24.4 Å². The van der Waals surface area contributed by atoms with Crippen LogP contribution in [0.1, 0.15) is 30.0 Å². The molecule has 0 saturated carbocycles. The lowest BCUT2D eigenvalue weighted by Gasteiger charge is -2.30. The molecule has 3 rings (SSSR count). The minimum Gasteiger partial charge on any atom is -0.372 e. The summed E-state index contributed by atoms with van der Waals surface area (Å²) in [6, 6.07) is 12.2. The van der Waals surface area contributed by atoms with Gasteiger partial charge in [0, 0.05) is 18.8 Å². The number of nitrogens with zero attached hydrogens (tertiary/aromatic N) is 2. The third kappa shape index (κ3) is 4.54. The molecule has 0 saturated heterocycles. The normalized spacial score (nSPS) is 13.6. The van der Waals surface area contributed by atoms with Crippen LogP contribution in [0.25, 0.3) is 0 Å². The summed E-state index contributed by atoms with van der Waals surface area (Å²) in [6.07, 6.45) is 4.10. The number of thiocarbonyl (C=S) groups is 1. The Kier molecular flexibility index (Phi) is 6.12. The number of hydrogen-bond donors (Lipinski definition) is 2. The zero-order valence-corrected chi connectivity index (χ0v) is 16.6. The second-order valence-electron chi connectivity index (χ2n) is 6.38. The lowest BCUT2D eigenvalue weighted by Crippen LogP contribution is -2.28. The molecule has 6 heteroatoms. The van der Waals surface area contributed by atoms with E-state index in [0.717, 1.165) is 36.3 Å². The summed E-state index contributed by atoms with van der Waals surface area (Å²) < 4.78 is 0. The number of aryl methyl sites for hydroxylation is 2.